The number of pyridine rings is 1. The lowest BCUT2D eigenvalue weighted by molar-refractivity contribution is 0.323. The molecule has 0 unspecified atom stereocenters. The fourth-order valence-electron chi connectivity index (χ4n) is 2.70. The molecule has 0 radical (unpaired) electrons. The summed E-state index contributed by atoms with van der Waals surface area (Å²) in [5.74, 6) is 1.63. The van der Waals surface area contributed by atoms with Gasteiger partial charge in [0.15, 0.2) is 0 Å². The number of aromatic nitrogens is 3. The molecule has 0 bridgehead atoms. The maximum atomic E-state index is 6.02. The van der Waals surface area contributed by atoms with Gasteiger partial charge in [-0.3, -0.25) is 4.98 Å². The zero-order valence-corrected chi connectivity index (χ0v) is 13.1. The minimum Gasteiger partial charge on any atom is -0.492 e. The highest BCUT2D eigenvalue weighted by Crippen LogP contribution is 2.29. The zero-order valence-electron chi connectivity index (χ0n) is 13.1. The minimum atomic E-state index is 0.628. The number of hydrogen-bond acceptors (Lipinski definition) is 3. The molecule has 0 atom stereocenters. The van der Waals surface area contributed by atoms with E-state index in [1.165, 1.54) is 5.56 Å². The van der Waals surface area contributed by atoms with Crippen molar-refractivity contribution in [2.75, 3.05) is 6.61 Å². The first-order valence-electron chi connectivity index (χ1n) is 7.96. The van der Waals surface area contributed by atoms with E-state index in [4.69, 9.17) is 4.74 Å². The van der Waals surface area contributed by atoms with Crippen molar-refractivity contribution < 1.29 is 4.74 Å². The maximum absolute atomic E-state index is 6.02. The summed E-state index contributed by atoms with van der Waals surface area (Å²) >= 11 is 0. The third kappa shape index (κ3) is 2.99. The molecular formula is C20H17N3O. The third-order valence-corrected chi connectivity index (χ3v) is 3.92. The summed E-state index contributed by atoms with van der Waals surface area (Å²) in [7, 11) is 0. The van der Waals surface area contributed by atoms with Crippen LogP contribution < -0.4 is 4.74 Å². The molecule has 0 saturated carbocycles. The molecule has 0 amide bonds. The van der Waals surface area contributed by atoms with Crippen LogP contribution >= 0.6 is 0 Å². The van der Waals surface area contributed by atoms with Gasteiger partial charge in [-0.15, -0.1) is 0 Å². The van der Waals surface area contributed by atoms with Crippen LogP contribution in [0.1, 0.15) is 5.56 Å². The number of aromatic amines is 1. The van der Waals surface area contributed by atoms with Crippen LogP contribution in [0.3, 0.4) is 0 Å². The Morgan fingerprint density at radius 1 is 0.917 bits per heavy atom. The molecule has 0 aliphatic rings. The van der Waals surface area contributed by atoms with E-state index >= 15 is 0 Å². The molecule has 2 aromatic heterocycles. The Bertz CT molecular complexity index is 914. The number of para-hydroxylation sites is 1. The average Bonchev–Trinajstić information content (AvgIpc) is 3.07. The largest absolute Gasteiger partial charge is 0.492 e. The van der Waals surface area contributed by atoms with Gasteiger partial charge < -0.3 is 9.72 Å². The first kappa shape index (κ1) is 14.5. The molecule has 2 heterocycles. The molecule has 0 aliphatic carbocycles. The normalized spacial score (nSPS) is 10.8. The monoisotopic (exact) mass is 315 g/mol. The lowest BCUT2D eigenvalue weighted by Gasteiger charge is -2.10. The van der Waals surface area contributed by atoms with E-state index in [0.717, 1.165) is 34.6 Å². The number of nitrogens with one attached hydrogen (secondary N) is 1. The summed E-state index contributed by atoms with van der Waals surface area (Å²) in [6, 6.07) is 20.2. The maximum Gasteiger partial charge on any atom is 0.142 e. The van der Waals surface area contributed by atoms with Gasteiger partial charge in [-0.25, -0.2) is 4.98 Å². The van der Waals surface area contributed by atoms with Crippen LogP contribution in [-0.4, -0.2) is 21.6 Å². The van der Waals surface area contributed by atoms with Gasteiger partial charge in [0.1, 0.15) is 17.1 Å². The summed E-state index contributed by atoms with van der Waals surface area (Å²) < 4.78 is 6.02. The van der Waals surface area contributed by atoms with Crippen LogP contribution in [0.5, 0.6) is 5.75 Å². The van der Waals surface area contributed by atoms with E-state index in [1.807, 2.05) is 48.5 Å². The molecule has 0 spiro atoms. The summed E-state index contributed by atoms with van der Waals surface area (Å²) in [4.78, 5) is 12.1. The van der Waals surface area contributed by atoms with Crippen molar-refractivity contribution >= 4 is 11.0 Å². The van der Waals surface area contributed by atoms with Crippen LogP contribution in [0.4, 0.5) is 0 Å². The van der Waals surface area contributed by atoms with Crippen molar-refractivity contribution in [2.45, 2.75) is 6.42 Å². The molecule has 0 fully saturated rings. The van der Waals surface area contributed by atoms with Crippen molar-refractivity contribution in [3.05, 3.63) is 78.6 Å². The topological polar surface area (TPSA) is 50.8 Å². The van der Waals surface area contributed by atoms with Crippen molar-refractivity contribution in [3.63, 3.8) is 0 Å². The first-order chi connectivity index (χ1) is 11.9. The van der Waals surface area contributed by atoms with Crippen molar-refractivity contribution in [3.8, 4) is 17.1 Å². The SMILES string of the molecule is c1ccc(CCOc2ccccc2-c2nc3cnccc3[nH]2)cc1. The lowest BCUT2D eigenvalue weighted by Crippen LogP contribution is -2.02. The highest BCUT2D eigenvalue weighted by molar-refractivity contribution is 5.79. The number of rotatable bonds is 5. The molecule has 1 N–H and O–H groups in total. The van der Waals surface area contributed by atoms with Crippen LogP contribution in [0.25, 0.3) is 22.4 Å². The number of benzene rings is 2. The second-order valence-electron chi connectivity index (χ2n) is 5.56. The number of imidazole rings is 1. The van der Waals surface area contributed by atoms with Crippen LogP contribution in [0.15, 0.2) is 73.1 Å². The van der Waals surface area contributed by atoms with Gasteiger partial charge in [0, 0.05) is 12.6 Å². The molecule has 24 heavy (non-hydrogen) atoms. The second kappa shape index (κ2) is 6.54. The Hall–Kier alpha value is -3.14. The van der Waals surface area contributed by atoms with Gasteiger partial charge in [-0.05, 0) is 23.8 Å². The van der Waals surface area contributed by atoms with Crippen molar-refractivity contribution in [1.29, 1.82) is 0 Å². The smallest absolute Gasteiger partial charge is 0.142 e. The minimum absolute atomic E-state index is 0.628. The van der Waals surface area contributed by atoms with E-state index in [0.29, 0.717) is 6.61 Å². The molecule has 4 heteroatoms. The first-order valence-corrected chi connectivity index (χ1v) is 7.96. The molecule has 2 aromatic carbocycles. The standard InChI is InChI=1S/C20H17N3O/c1-2-6-15(7-3-1)11-13-24-19-9-5-4-8-16(19)20-22-17-10-12-21-14-18(17)23-20/h1-10,12,14H,11,13H2,(H,22,23). The van der Waals surface area contributed by atoms with E-state index in [9.17, 15) is 0 Å². The zero-order chi connectivity index (χ0) is 16.2. The van der Waals surface area contributed by atoms with E-state index < -0.39 is 0 Å². The van der Waals surface area contributed by atoms with Crippen LogP contribution in [-0.2, 0) is 6.42 Å². The van der Waals surface area contributed by atoms with Crippen LogP contribution in [0, 0.1) is 0 Å². The highest BCUT2D eigenvalue weighted by Gasteiger charge is 2.10. The molecular weight excluding hydrogens is 298 g/mol. The molecule has 118 valence electrons. The molecule has 4 rings (SSSR count). The number of ether oxygens (including phenoxy) is 1. The van der Waals surface area contributed by atoms with Crippen molar-refractivity contribution in [1.82, 2.24) is 15.0 Å². The number of hydrogen-bond donors (Lipinski definition) is 1. The van der Waals surface area contributed by atoms with E-state index in [1.54, 1.807) is 12.4 Å². The Morgan fingerprint density at radius 3 is 2.62 bits per heavy atom. The van der Waals surface area contributed by atoms with Gasteiger partial charge in [0.2, 0.25) is 0 Å². The summed E-state index contributed by atoms with van der Waals surface area (Å²) in [5.41, 5.74) is 4.05. The fourth-order valence-corrected chi connectivity index (χ4v) is 2.70. The second-order valence-corrected chi connectivity index (χ2v) is 5.56. The Balaban J connectivity index is 1.56. The molecule has 4 nitrogen and oxygen atoms in total. The van der Waals surface area contributed by atoms with E-state index in [-0.39, 0.29) is 0 Å². The van der Waals surface area contributed by atoms with Gasteiger partial charge in [0.05, 0.1) is 23.9 Å². The van der Waals surface area contributed by atoms with Crippen LogP contribution in [0.2, 0.25) is 0 Å². The predicted octanol–water partition coefficient (Wildman–Crippen LogP) is 4.25. The predicted molar refractivity (Wildman–Crippen MR) is 95.0 cm³/mol. The molecule has 4 aromatic rings. The summed E-state index contributed by atoms with van der Waals surface area (Å²) in [6.07, 6.45) is 4.39. The fraction of sp³-hybridized carbons (Fsp3) is 0.100. The Labute approximate surface area is 140 Å². The van der Waals surface area contributed by atoms with E-state index in [2.05, 4.69) is 27.1 Å². The van der Waals surface area contributed by atoms with Gasteiger partial charge in [-0.2, -0.15) is 0 Å². The summed E-state index contributed by atoms with van der Waals surface area (Å²) in [6.45, 7) is 0.628. The Morgan fingerprint density at radius 2 is 1.75 bits per heavy atom. The highest BCUT2D eigenvalue weighted by atomic mass is 16.5. The van der Waals surface area contributed by atoms with Gasteiger partial charge in [0.25, 0.3) is 0 Å². The van der Waals surface area contributed by atoms with Gasteiger partial charge in [-0.1, -0.05) is 42.5 Å². The van der Waals surface area contributed by atoms with Gasteiger partial charge >= 0.3 is 0 Å². The molecule has 0 aliphatic heterocycles. The van der Waals surface area contributed by atoms with Crippen molar-refractivity contribution in [2.24, 2.45) is 0 Å². The summed E-state index contributed by atoms with van der Waals surface area (Å²) in [5, 5.41) is 0. The average molecular weight is 315 g/mol. The number of fused-ring (bicyclic) bond motifs is 1. The number of nitrogens with zero attached hydrogens (tertiary/aromatic N) is 2. The molecule has 0 saturated heterocycles. The lowest BCUT2D eigenvalue weighted by atomic mass is 10.1. The quantitative estimate of drug-likeness (QED) is 0.599. The third-order valence-electron chi connectivity index (χ3n) is 3.92. The Kier molecular flexibility index (Phi) is 3.94. The number of H-pyrrole nitrogens is 1.